The standard InChI is InChI=1S/C15H24N2/c1-9-5-4-6-12(9)15-16-13-7-10(2)11(3)8-14(13)17-15/h9-12H,4-8H2,1-3H3,(H,16,17). The topological polar surface area (TPSA) is 28.7 Å². The van der Waals surface area contributed by atoms with Crippen LogP contribution < -0.4 is 0 Å². The Morgan fingerprint density at radius 2 is 1.76 bits per heavy atom. The first kappa shape index (κ1) is 11.3. The first-order chi connectivity index (χ1) is 8.15. The van der Waals surface area contributed by atoms with Crippen LogP contribution >= 0.6 is 0 Å². The van der Waals surface area contributed by atoms with Crippen LogP contribution in [-0.4, -0.2) is 9.97 Å². The highest BCUT2D eigenvalue weighted by Gasteiger charge is 2.30. The third kappa shape index (κ3) is 1.92. The van der Waals surface area contributed by atoms with E-state index in [4.69, 9.17) is 4.98 Å². The summed E-state index contributed by atoms with van der Waals surface area (Å²) in [5.41, 5.74) is 2.80. The predicted molar refractivity (Wildman–Crippen MR) is 70.1 cm³/mol. The van der Waals surface area contributed by atoms with Gasteiger partial charge in [-0.25, -0.2) is 4.98 Å². The molecule has 2 nitrogen and oxygen atoms in total. The van der Waals surface area contributed by atoms with Gasteiger partial charge in [0.15, 0.2) is 0 Å². The lowest BCUT2D eigenvalue weighted by molar-refractivity contribution is 0.355. The summed E-state index contributed by atoms with van der Waals surface area (Å²) in [5.74, 6) is 4.40. The minimum atomic E-state index is 0.700. The van der Waals surface area contributed by atoms with E-state index < -0.39 is 0 Å². The van der Waals surface area contributed by atoms with Gasteiger partial charge in [0.25, 0.3) is 0 Å². The summed E-state index contributed by atoms with van der Waals surface area (Å²) < 4.78 is 0. The average molecular weight is 232 g/mol. The number of fused-ring (bicyclic) bond motifs is 1. The second kappa shape index (κ2) is 4.15. The number of rotatable bonds is 1. The van der Waals surface area contributed by atoms with Crippen molar-refractivity contribution in [3.63, 3.8) is 0 Å². The Bertz CT molecular complexity index is 380. The molecule has 4 atom stereocenters. The first-order valence-electron chi connectivity index (χ1n) is 7.22. The van der Waals surface area contributed by atoms with Gasteiger partial charge in [0, 0.05) is 11.6 Å². The van der Waals surface area contributed by atoms with Gasteiger partial charge in [0.1, 0.15) is 5.82 Å². The monoisotopic (exact) mass is 232 g/mol. The molecule has 17 heavy (non-hydrogen) atoms. The van der Waals surface area contributed by atoms with E-state index in [0.717, 1.165) is 17.8 Å². The second-order valence-corrected chi connectivity index (χ2v) is 6.42. The summed E-state index contributed by atoms with van der Waals surface area (Å²) in [6, 6.07) is 0. The summed E-state index contributed by atoms with van der Waals surface area (Å²) >= 11 is 0. The van der Waals surface area contributed by atoms with Crippen LogP contribution in [0.1, 0.15) is 63.2 Å². The third-order valence-electron chi connectivity index (χ3n) is 5.11. The molecule has 2 aliphatic rings. The fraction of sp³-hybridized carbons (Fsp3) is 0.800. The van der Waals surface area contributed by atoms with E-state index in [9.17, 15) is 0 Å². The molecule has 1 saturated carbocycles. The molecule has 0 radical (unpaired) electrons. The highest BCUT2D eigenvalue weighted by Crippen LogP contribution is 2.39. The van der Waals surface area contributed by atoms with Crippen LogP contribution in [0, 0.1) is 17.8 Å². The number of imidazole rings is 1. The highest BCUT2D eigenvalue weighted by atomic mass is 15.0. The minimum Gasteiger partial charge on any atom is -0.345 e. The molecule has 1 aromatic rings. The Hall–Kier alpha value is -0.790. The van der Waals surface area contributed by atoms with E-state index in [1.165, 1.54) is 49.3 Å². The molecular weight excluding hydrogens is 208 g/mol. The first-order valence-corrected chi connectivity index (χ1v) is 7.22. The normalized spacial score (nSPS) is 37.1. The molecule has 1 fully saturated rings. The number of H-pyrrole nitrogens is 1. The molecule has 2 aliphatic carbocycles. The van der Waals surface area contributed by atoms with Gasteiger partial charge in [0.2, 0.25) is 0 Å². The SMILES string of the molecule is CC1Cc2nc(C3CCCC3C)[nH]c2CC1C. The van der Waals surface area contributed by atoms with Crippen LogP contribution in [0.25, 0.3) is 0 Å². The van der Waals surface area contributed by atoms with Gasteiger partial charge in [-0.3, -0.25) is 0 Å². The van der Waals surface area contributed by atoms with Crippen LogP contribution in [0.5, 0.6) is 0 Å². The maximum absolute atomic E-state index is 4.91. The van der Waals surface area contributed by atoms with E-state index >= 15 is 0 Å². The lowest BCUT2D eigenvalue weighted by Crippen LogP contribution is -2.20. The smallest absolute Gasteiger partial charge is 0.109 e. The maximum atomic E-state index is 4.91. The molecule has 1 heterocycles. The molecule has 2 heteroatoms. The van der Waals surface area contributed by atoms with Crippen molar-refractivity contribution >= 4 is 0 Å². The summed E-state index contributed by atoms with van der Waals surface area (Å²) in [5, 5.41) is 0. The zero-order chi connectivity index (χ0) is 12.0. The van der Waals surface area contributed by atoms with Crippen LogP contribution in [0.3, 0.4) is 0 Å². The number of hydrogen-bond donors (Lipinski definition) is 1. The van der Waals surface area contributed by atoms with Crippen molar-refractivity contribution < 1.29 is 0 Å². The van der Waals surface area contributed by atoms with E-state index in [1.54, 1.807) is 0 Å². The Labute approximate surface area is 104 Å². The fourth-order valence-electron chi connectivity index (χ4n) is 3.56. The molecule has 1 N–H and O–H groups in total. The molecule has 0 aromatic carbocycles. The highest BCUT2D eigenvalue weighted by molar-refractivity contribution is 5.21. The molecule has 0 aliphatic heterocycles. The van der Waals surface area contributed by atoms with Crippen LogP contribution in [-0.2, 0) is 12.8 Å². The van der Waals surface area contributed by atoms with Crippen molar-refractivity contribution in [3.05, 3.63) is 17.2 Å². The van der Waals surface area contributed by atoms with Crippen molar-refractivity contribution in [2.75, 3.05) is 0 Å². The van der Waals surface area contributed by atoms with Gasteiger partial charge in [-0.2, -0.15) is 0 Å². The van der Waals surface area contributed by atoms with Crippen molar-refractivity contribution in [1.82, 2.24) is 9.97 Å². The van der Waals surface area contributed by atoms with Gasteiger partial charge >= 0.3 is 0 Å². The van der Waals surface area contributed by atoms with Gasteiger partial charge in [0.05, 0.1) is 5.69 Å². The van der Waals surface area contributed by atoms with E-state index in [2.05, 4.69) is 25.8 Å². The lowest BCUT2D eigenvalue weighted by atomic mass is 9.82. The fourth-order valence-corrected chi connectivity index (χ4v) is 3.56. The molecule has 94 valence electrons. The Morgan fingerprint density at radius 1 is 1.00 bits per heavy atom. The summed E-state index contributed by atoms with van der Waals surface area (Å²) in [7, 11) is 0. The van der Waals surface area contributed by atoms with Crippen molar-refractivity contribution in [2.45, 2.75) is 58.8 Å². The van der Waals surface area contributed by atoms with Gasteiger partial charge in [-0.1, -0.05) is 27.2 Å². The molecule has 0 spiro atoms. The maximum Gasteiger partial charge on any atom is 0.109 e. The third-order valence-corrected chi connectivity index (χ3v) is 5.11. The van der Waals surface area contributed by atoms with Crippen LogP contribution in [0.2, 0.25) is 0 Å². The minimum absolute atomic E-state index is 0.700. The molecule has 1 aromatic heterocycles. The molecule has 0 bridgehead atoms. The largest absolute Gasteiger partial charge is 0.345 e. The van der Waals surface area contributed by atoms with E-state index in [1.807, 2.05) is 0 Å². The number of nitrogens with one attached hydrogen (secondary N) is 1. The Morgan fingerprint density at radius 3 is 2.47 bits per heavy atom. The average Bonchev–Trinajstić information content (AvgIpc) is 2.85. The van der Waals surface area contributed by atoms with Crippen molar-refractivity contribution in [3.8, 4) is 0 Å². The van der Waals surface area contributed by atoms with Gasteiger partial charge < -0.3 is 4.98 Å². The zero-order valence-electron chi connectivity index (χ0n) is 11.3. The summed E-state index contributed by atoms with van der Waals surface area (Å²) in [6.45, 7) is 7.11. The van der Waals surface area contributed by atoms with Crippen LogP contribution in [0.15, 0.2) is 0 Å². The Balaban J connectivity index is 1.87. The number of nitrogens with zero attached hydrogens (tertiary/aromatic N) is 1. The van der Waals surface area contributed by atoms with Gasteiger partial charge in [-0.15, -0.1) is 0 Å². The summed E-state index contributed by atoms with van der Waals surface area (Å²) in [4.78, 5) is 8.56. The van der Waals surface area contributed by atoms with Crippen molar-refractivity contribution in [1.29, 1.82) is 0 Å². The lowest BCUT2D eigenvalue weighted by Gasteiger charge is -2.24. The number of hydrogen-bond acceptors (Lipinski definition) is 1. The number of aromatic nitrogens is 2. The quantitative estimate of drug-likeness (QED) is 0.786. The van der Waals surface area contributed by atoms with Gasteiger partial charge in [-0.05, 0) is 43.4 Å². The molecule has 0 amide bonds. The second-order valence-electron chi connectivity index (χ2n) is 6.42. The van der Waals surface area contributed by atoms with E-state index in [0.29, 0.717) is 5.92 Å². The predicted octanol–water partition coefficient (Wildman–Crippen LogP) is 3.68. The van der Waals surface area contributed by atoms with Crippen LogP contribution in [0.4, 0.5) is 0 Å². The summed E-state index contributed by atoms with van der Waals surface area (Å²) in [6.07, 6.45) is 6.46. The molecular formula is C15H24N2. The molecule has 3 rings (SSSR count). The molecule has 0 saturated heterocycles. The number of aromatic amines is 1. The Kier molecular flexibility index (Phi) is 2.76. The molecule has 4 unspecified atom stereocenters. The van der Waals surface area contributed by atoms with Crippen molar-refractivity contribution in [2.24, 2.45) is 17.8 Å². The van der Waals surface area contributed by atoms with E-state index in [-0.39, 0.29) is 0 Å². The zero-order valence-corrected chi connectivity index (χ0v) is 11.3.